The number of rotatable bonds is 2. The van der Waals surface area contributed by atoms with Gasteiger partial charge < -0.3 is 10.5 Å². The van der Waals surface area contributed by atoms with E-state index in [1.807, 2.05) is 0 Å². The number of hydrogen-bond acceptors (Lipinski definition) is 4. The van der Waals surface area contributed by atoms with Gasteiger partial charge in [0.05, 0.1) is 12.8 Å². The molecule has 0 aliphatic heterocycles. The van der Waals surface area contributed by atoms with Crippen LogP contribution >= 0.6 is 0 Å². The lowest BCUT2D eigenvalue weighted by Gasteiger charge is -2.34. The van der Waals surface area contributed by atoms with E-state index in [0.717, 1.165) is 30.1 Å². The molecule has 8 heteroatoms. The van der Waals surface area contributed by atoms with E-state index in [9.17, 15) is 18.0 Å². The molecule has 112 valence electrons. The van der Waals surface area contributed by atoms with E-state index in [0.29, 0.717) is 12.8 Å². The number of carbonyl (C=O) groups is 1. The summed E-state index contributed by atoms with van der Waals surface area (Å²) in [6.07, 6.45) is -0.364. The van der Waals surface area contributed by atoms with Gasteiger partial charge in [-0.25, -0.2) is 4.79 Å². The van der Waals surface area contributed by atoms with Gasteiger partial charge in [0.25, 0.3) is 0 Å². The standard InChI is InChI=1S/C12H16F3N3O2/c1-20-10(19)11(5-3-2-4-6-11)18-7-8(16)9(17-18)12(13,14)15/h7H,2-6,16H2,1H3. The van der Waals surface area contributed by atoms with Crippen LogP contribution in [0.15, 0.2) is 6.20 Å². The number of carbonyl (C=O) groups excluding carboxylic acids is 1. The van der Waals surface area contributed by atoms with Crippen molar-refractivity contribution in [1.82, 2.24) is 9.78 Å². The summed E-state index contributed by atoms with van der Waals surface area (Å²) in [6.45, 7) is 0. The molecule has 2 rings (SSSR count). The summed E-state index contributed by atoms with van der Waals surface area (Å²) in [7, 11) is 1.22. The van der Waals surface area contributed by atoms with Crippen LogP contribution in [0.5, 0.6) is 0 Å². The fourth-order valence-corrected chi connectivity index (χ4v) is 2.68. The summed E-state index contributed by atoms with van der Waals surface area (Å²) in [6, 6.07) is 0. The van der Waals surface area contributed by atoms with Crippen LogP contribution in [0.1, 0.15) is 37.8 Å². The number of halogens is 3. The lowest BCUT2D eigenvalue weighted by molar-refractivity contribution is -0.155. The zero-order valence-electron chi connectivity index (χ0n) is 11.0. The highest BCUT2D eigenvalue weighted by atomic mass is 19.4. The van der Waals surface area contributed by atoms with Crippen molar-refractivity contribution in [2.24, 2.45) is 0 Å². The fraction of sp³-hybridized carbons (Fsp3) is 0.667. The first kappa shape index (κ1) is 14.7. The van der Waals surface area contributed by atoms with Crippen molar-refractivity contribution in [3.63, 3.8) is 0 Å². The van der Waals surface area contributed by atoms with Gasteiger partial charge in [0, 0.05) is 6.20 Å². The average Bonchev–Trinajstić information content (AvgIpc) is 2.81. The van der Waals surface area contributed by atoms with Crippen LogP contribution in [0.2, 0.25) is 0 Å². The molecule has 1 heterocycles. The van der Waals surface area contributed by atoms with Gasteiger partial charge >= 0.3 is 12.1 Å². The zero-order valence-corrected chi connectivity index (χ0v) is 11.0. The number of ether oxygens (including phenoxy) is 1. The number of esters is 1. The molecule has 2 N–H and O–H groups in total. The Labute approximate surface area is 113 Å². The first-order valence-corrected chi connectivity index (χ1v) is 6.32. The molecule has 1 aromatic rings. The second-order valence-electron chi connectivity index (χ2n) is 4.96. The van der Waals surface area contributed by atoms with Gasteiger partial charge in [-0.15, -0.1) is 0 Å². The van der Waals surface area contributed by atoms with Crippen LogP contribution in [0.25, 0.3) is 0 Å². The Kier molecular flexibility index (Phi) is 3.66. The number of alkyl halides is 3. The molecular formula is C12H16F3N3O2. The summed E-state index contributed by atoms with van der Waals surface area (Å²) in [5, 5.41) is 3.51. The highest BCUT2D eigenvalue weighted by Crippen LogP contribution is 2.39. The van der Waals surface area contributed by atoms with Crippen molar-refractivity contribution < 1.29 is 22.7 Å². The molecule has 0 amide bonds. The second-order valence-corrected chi connectivity index (χ2v) is 4.96. The Balaban J connectivity index is 2.47. The number of nitrogen functional groups attached to an aromatic ring is 1. The minimum atomic E-state index is -4.64. The third kappa shape index (κ3) is 2.34. The highest BCUT2D eigenvalue weighted by Gasteiger charge is 2.46. The minimum absolute atomic E-state index is 0.401. The fourth-order valence-electron chi connectivity index (χ4n) is 2.68. The van der Waals surface area contributed by atoms with Gasteiger partial charge in [0.2, 0.25) is 0 Å². The normalized spacial score (nSPS) is 18.8. The molecule has 1 fully saturated rings. The van der Waals surface area contributed by atoms with Crippen LogP contribution in [-0.2, 0) is 21.2 Å². The zero-order chi connectivity index (χ0) is 15.0. The molecule has 0 radical (unpaired) electrons. The molecule has 1 aliphatic rings. The summed E-state index contributed by atoms with van der Waals surface area (Å²) in [5.41, 5.74) is 2.56. The van der Waals surface area contributed by atoms with E-state index in [4.69, 9.17) is 10.5 Å². The number of methoxy groups -OCH3 is 1. The maximum absolute atomic E-state index is 12.8. The Morgan fingerprint density at radius 3 is 2.45 bits per heavy atom. The van der Waals surface area contributed by atoms with Crippen molar-refractivity contribution in [3.05, 3.63) is 11.9 Å². The van der Waals surface area contributed by atoms with Gasteiger partial charge in [0.1, 0.15) is 0 Å². The minimum Gasteiger partial charge on any atom is -0.467 e. The van der Waals surface area contributed by atoms with Gasteiger partial charge in [-0.05, 0) is 12.8 Å². The Morgan fingerprint density at radius 1 is 1.40 bits per heavy atom. The largest absolute Gasteiger partial charge is 0.467 e. The summed E-state index contributed by atoms with van der Waals surface area (Å²) in [5.74, 6) is -0.576. The SMILES string of the molecule is COC(=O)C1(n2cc(N)c(C(F)(F)F)n2)CCCCC1. The third-order valence-electron chi connectivity index (χ3n) is 3.70. The van der Waals surface area contributed by atoms with Gasteiger partial charge in [-0.2, -0.15) is 18.3 Å². The quantitative estimate of drug-likeness (QED) is 0.849. The molecule has 0 atom stereocenters. The molecule has 0 saturated heterocycles. The van der Waals surface area contributed by atoms with Crippen molar-refractivity contribution in [2.45, 2.75) is 43.8 Å². The summed E-state index contributed by atoms with van der Waals surface area (Å²) < 4.78 is 44.1. The van der Waals surface area contributed by atoms with E-state index in [1.165, 1.54) is 7.11 Å². The lowest BCUT2D eigenvalue weighted by atomic mass is 9.82. The lowest BCUT2D eigenvalue weighted by Crippen LogP contribution is -2.45. The van der Waals surface area contributed by atoms with Crippen molar-refractivity contribution in [1.29, 1.82) is 0 Å². The smallest absolute Gasteiger partial charge is 0.437 e. The molecule has 20 heavy (non-hydrogen) atoms. The topological polar surface area (TPSA) is 70.1 Å². The van der Waals surface area contributed by atoms with E-state index >= 15 is 0 Å². The predicted molar refractivity (Wildman–Crippen MR) is 64.7 cm³/mol. The Hall–Kier alpha value is -1.73. The average molecular weight is 291 g/mol. The van der Waals surface area contributed by atoms with Gasteiger partial charge in [-0.3, -0.25) is 4.68 Å². The van der Waals surface area contributed by atoms with E-state index in [2.05, 4.69) is 5.10 Å². The third-order valence-corrected chi connectivity index (χ3v) is 3.70. The van der Waals surface area contributed by atoms with Crippen LogP contribution in [-0.4, -0.2) is 22.9 Å². The molecule has 0 unspecified atom stereocenters. The van der Waals surface area contributed by atoms with E-state index in [1.54, 1.807) is 0 Å². The molecular weight excluding hydrogens is 275 g/mol. The number of aromatic nitrogens is 2. The highest BCUT2D eigenvalue weighted by molar-refractivity contribution is 5.79. The van der Waals surface area contributed by atoms with Crippen molar-refractivity contribution in [3.8, 4) is 0 Å². The Morgan fingerprint density at radius 2 is 2.00 bits per heavy atom. The van der Waals surface area contributed by atoms with Crippen LogP contribution < -0.4 is 5.73 Å². The molecule has 1 saturated carbocycles. The second kappa shape index (κ2) is 4.99. The van der Waals surface area contributed by atoms with E-state index < -0.39 is 29.1 Å². The van der Waals surface area contributed by atoms with Crippen molar-refractivity contribution in [2.75, 3.05) is 12.8 Å². The number of nitrogens with two attached hydrogens (primary N) is 1. The first-order valence-electron chi connectivity index (χ1n) is 6.32. The summed E-state index contributed by atoms with van der Waals surface area (Å²) >= 11 is 0. The predicted octanol–water partition coefficient (Wildman–Crippen LogP) is 2.32. The molecule has 1 aromatic heterocycles. The number of nitrogens with zero attached hydrogens (tertiary/aromatic N) is 2. The maximum atomic E-state index is 12.8. The van der Waals surface area contributed by atoms with Crippen molar-refractivity contribution >= 4 is 11.7 Å². The Bertz CT molecular complexity index is 505. The number of hydrogen-bond donors (Lipinski definition) is 1. The van der Waals surface area contributed by atoms with Gasteiger partial charge in [0.15, 0.2) is 11.2 Å². The molecule has 1 aliphatic carbocycles. The molecule has 0 aromatic carbocycles. The first-order chi connectivity index (χ1) is 9.31. The number of anilines is 1. The molecule has 0 spiro atoms. The van der Waals surface area contributed by atoms with Crippen LogP contribution in [0, 0.1) is 0 Å². The summed E-state index contributed by atoms with van der Waals surface area (Å²) in [4.78, 5) is 12.1. The molecule has 5 nitrogen and oxygen atoms in total. The van der Waals surface area contributed by atoms with Gasteiger partial charge in [-0.1, -0.05) is 19.3 Å². The maximum Gasteiger partial charge on any atom is 0.437 e. The molecule has 0 bridgehead atoms. The van der Waals surface area contributed by atoms with E-state index in [-0.39, 0.29) is 0 Å². The van der Waals surface area contributed by atoms with Crippen LogP contribution in [0.3, 0.4) is 0 Å². The monoisotopic (exact) mass is 291 g/mol. The van der Waals surface area contributed by atoms with Crippen LogP contribution in [0.4, 0.5) is 18.9 Å².